The first kappa shape index (κ1) is 12.3. The molecule has 3 nitrogen and oxygen atoms in total. The highest BCUT2D eigenvalue weighted by Gasteiger charge is 2.20. The highest BCUT2D eigenvalue weighted by atomic mass is 19.1. The molecule has 0 radical (unpaired) electrons. The maximum absolute atomic E-state index is 13.1. The molecule has 86 valence electrons. The Hall–Kier alpha value is -1.78. The Balaban J connectivity index is 2.85. The Bertz CT molecular complexity index is 395. The smallest absolute Gasteiger partial charge is 0.351 e. The van der Waals surface area contributed by atoms with Gasteiger partial charge in [-0.3, -0.25) is 4.79 Å². The summed E-state index contributed by atoms with van der Waals surface area (Å²) in [6.07, 6.45) is 0.522. The molecular formula is C11H10F2O3. The summed E-state index contributed by atoms with van der Waals surface area (Å²) >= 11 is 0. The summed E-state index contributed by atoms with van der Waals surface area (Å²) in [5, 5.41) is 0. The van der Waals surface area contributed by atoms with Gasteiger partial charge < -0.3 is 4.74 Å². The number of carbonyl (C=O) groups excluding carboxylic acids is 2. The second-order valence-corrected chi connectivity index (χ2v) is 3.11. The Kier molecular flexibility index (Phi) is 4.10. The summed E-state index contributed by atoms with van der Waals surface area (Å²) in [7, 11) is 0. The van der Waals surface area contributed by atoms with Gasteiger partial charge in [-0.25, -0.2) is 13.6 Å². The van der Waals surface area contributed by atoms with Crippen LogP contribution in [0.15, 0.2) is 18.2 Å². The van der Waals surface area contributed by atoms with Crippen LogP contribution < -0.4 is 0 Å². The highest BCUT2D eigenvalue weighted by molar-refractivity contribution is 5.97. The predicted octanol–water partition coefficient (Wildman–Crippen LogP) is 2.45. The first-order valence-corrected chi connectivity index (χ1v) is 4.75. The molecule has 0 bridgehead atoms. The minimum atomic E-state index is -1.30. The molecule has 0 amide bonds. The van der Waals surface area contributed by atoms with Gasteiger partial charge in [0.15, 0.2) is 0 Å². The number of carbonyl (C=O) groups is 2. The Morgan fingerprint density at radius 1 is 1.25 bits per heavy atom. The van der Waals surface area contributed by atoms with Crippen LogP contribution in [0, 0.1) is 11.6 Å². The van der Waals surface area contributed by atoms with Crippen LogP contribution in [0.4, 0.5) is 8.78 Å². The zero-order valence-corrected chi connectivity index (χ0v) is 8.63. The molecule has 0 aliphatic heterocycles. The van der Waals surface area contributed by atoms with Gasteiger partial charge in [-0.1, -0.05) is 13.0 Å². The van der Waals surface area contributed by atoms with Crippen LogP contribution in [-0.4, -0.2) is 11.9 Å². The van der Waals surface area contributed by atoms with E-state index < -0.39 is 29.1 Å². The topological polar surface area (TPSA) is 43.4 Å². The van der Waals surface area contributed by atoms with Crippen molar-refractivity contribution in [2.45, 2.75) is 19.8 Å². The van der Waals surface area contributed by atoms with Crippen LogP contribution in [0.1, 0.15) is 30.1 Å². The van der Waals surface area contributed by atoms with E-state index in [1.54, 1.807) is 6.92 Å². The molecule has 0 aliphatic carbocycles. The molecular weight excluding hydrogens is 218 g/mol. The van der Waals surface area contributed by atoms with Crippen LogP contribution in [0.5, 0.6) is 0 Å². The monoisotopic (exact) mass is 228 g/mol. The number of benzene rings is 1. The molecule has 0 aliphatic rings. The van der Waals surface area contributed by atoms with Gasteiger partial charge in [0.2, 0.25) is 0 Å². The van der Waals surface area contributed by atoms with E-state index in [0.717, 1.165) is 18.2 Å². The summed E-state index contributed by atoms with van der Waals surface area (Å²) < 4.78 is 30.5. The maximum atomic E-state index is 13.1. The van der Waals surface area contributed by atoms with Crippen LogP contribution in [0.2, 0.25) is 0 Å². The molecule has 0 spiro atoms. The van der Waals surface area contributed by atoms with Gasteiger partial charge in [-0.05, 0) is 18.6 Å². The largest absolute Gasteiger partial charge is 0.389 e. The minimum Gasteiger partial charge on any atom is -0.389 e. The summed E-state index contributed by atoms with van der Waals surface area (Å²) in [6, 6.07) is 2.96. The van der Waals surface area contributed by atoms with E-state index in [1.807, 2.05) is 0 Å². The zero-order chi connectivity index (χ0) is 12.1. The fourth-order valence-corrected chi connectivity index (χ4v) is 1.10. The van der Waals surface area contributed by atoms with Crippen molar-refractivity contribution in [1.29, 1.82) is 0 Å². The van der Waals surface area contributed by atoms with Gasteiger partial charge in [-0.2, -0.15) is 0 Å². The third kappa shape index (κ3) is 2.85. The molecule has 5 heteroatoms. The molecule has 0 N–H and O–H groups in total. The minimum absolute atomic E-state index is 0.0296. The molecule has 0 aromatic heterocycles. The lowest BCUT2D eigenvalue weighted by atomic mass is 10.2. The number of ether oxygens (including phenoxy) is 1. The SMILES string of the molecule is CCCC(=O)OC(=O)c1c(F)cccc1F. The van der Waals surface area contributed by atoms with Gasteiger partial charge in [0.25, 0.3) is 0 Å². The fraction of sp³-hybridized carbons (Fsp3) is 0.273. The Morgan fingerprint density at radius 2 is 1.81 bits per heavy atom. The summed E-state index contributed by atoms with van der Waals surface area (Å²) in [4.78, 5) is 22.2. The number of hydrogen-bond acceptors (Lipinski definition) is 3. The first-order valence-electron chi connectivity index (χ1n) is 4.75. The molecule has 0 saturated carbocycles. The lowest BCUT2D eigenvalue weighted by molar-refractivity contribution is -0.138. The van der Waals surface area contributed by atoms with Crippen molar-refractivity contribution < 1.29 is 23.1 Å². The average Bonchev–Trinajstić information content (AvgIpc) is 2.17. The van der Waals surface area contributed by atoms with Gasteiger partial charge in [0.05, 0.1) is 0 Å². The maximum Gasteiger partial charge on any atom is 0.351 e. The highest BCUT2D eigenvalue weighted by Crippen LogP contribution is 2.13. The molecule has 16 heavy (non-hydrogen) atoms. The van der Waals surface area contributed by atoms with Gasteiger partial charge in [0.1, 0.15) is 17.2 Å². The van der Waals surface area contributed by atoms with E-state index in [1.165, 1.54) is 0 Å². The molecule has 0 saturated heterocycles. The van der Waals surface area contributed by atoms with E-state index in [4.69, 9.17) is 0 Å². The zero-order valence-electron chi connectivity index (χ0n) is 8.63. The summed E-state index contributed by atoms with van der Waals surface area (Å²) in [5.74, 6) is -4.19. The summed E-state index contributed by atoms with van der Waals surface area (Å²) in [6.45, 7) is 1.72. The number of hydrogen-bond donors (Lipinski definition) is 0. The standard InChI is InChI=1S/C11H10F2O3/c1-2-4-9(14)16-11(15)10-7(12)5-3-6-8(10)13/h3,5-6H,2,4H2,1H3. The lowest BCUT2D eigenvalue weighted by Crippen LogP contribution is -2.15. The number of rotatable bonds is 3. The van der Waals surface area contributed by atoms with Crippen molar-refractivity contribution in [2.75, 3.05) is 0 Å². The normalized spacial score (nSPS) is 9.94. The molecule has 0 atom stereocenters. The van der Waals surface area contributed by atoms with E-state index >= 15 is 0 Å². The van der Waals surface area contributed by atoms with Crippen LogP contribution in [0.3, 0.4) is 0 Å². The average molecular weight is 228 g/mol. The fourth-order valence-electron chi connectivity index (χ4n) is 1.10. The van der Waals surface area contributed by atoms with Crippen molar-refractivity contribution in [3.8, 4) is 0 Å². The van der Waals surface area contributed by atoms with Crippen LogP contribution in [-0.2, 0) is 9.53 Å². The third-order valence-electron chi connectivity index (χ3n) is 1.83. The first-order chi connectivity index (χ1) is 7.56. The quantitative estimate of drug-likeness (QED) is 0.589. The summed E-state index contributed by atoms with van der Waals surface area (Å²) in [5.41, 5.74) is -0.841. The number of halogens is 2. The van der Waals surface area contributed by atoms with E-state index in [2.05, 4.69) is 4.74 Å². The van der Waals surface area contributed by atoms with E-state index in [-0.39, 0.29) is 6.42 Å². The van der Waals surface area contributed by atoms with Crippen molar-refractivity contribution in [2.24, 2.45) is 0 Å². The molecule has 0 unspecified atom stereocenters. The number of esters is 2. The van der Waals surface area contributed by atoms with Crippen molar-refractivity contribution >= 4 is 11.9 Å². The van der Waals surface area contributed by atoms with Gasteiger partial charge in [-0.15, -0.1) is 0 Å². The van der Waals surface area contributed by atoms with E-state index in [0.29, 0.717) is 6.42 Å². The lowest BCUT2D eigenvalue weighted by Gasteiger charge is -2.03. The van der Waals surface area contributed by atoms with Gasteiger partial charge >= 0.3 is 11.9 Å². The Labute approximate surface area is 91.0 Å². The van der Waals surface area contributed by atoms with Crippen molar-refractivity contribution in [1.82, 2.24) is 0 Å². The van der Waals surface area contributed by atoms with Crippen LogP contribution in [0.25, 0.3) is 0 Å². The third-order valence-corrected chi connectivity index (χ3v) is 1.83. The Morgan fingerprint density at radius 3 is 2.31 bits per heavy atom. The van der Waals surface area contributed by atoms with Crippen LogP contribution >= 0.6 is 0 Å². The predicted molar refractivity (Wildman–Crippen MR) is 51.7 cm³/mol. The van der Waals surface area contributed by atoms with Crippen molar-refractivity contribution in [3.05, 3.63) is 35.4 Å². The molecule has 1 aromatic rings. The molecule has 1 rings (SSSR count). The van der Waals surface area contributed by atoms with Crippen molar-refractivity contribution in [3.63, 3.8) is 0 Å². The van der Waals surface area contributed by atoms with E-state index in [9.17, 15) is 18.4 Å². The molecule has 1 aromatic carbocycles. The second kappa shape index (κ2) is 5.34. The molecule has 0 heterocycles. The van der Waals surface area contributed by atoms with Gasteiger partial charge in [0, 0.05) is 6.42 Å². The molecule has 0 fully saturated rings. The second-order valence-electron chi connectivity index (χ2n) is 3.11.